The quantitative estimate of drug-likeness (QED) is 0.170. The number of nitrogens with zero attached hydrogens (tertiary/aromatic N) is 1. The number of carbonyl (C=O) groups is 1. The number of hydrogen-bond donors (Lipinski definition) is 0. The van der Waals surface area contributed by atoms with Crippen molar-refractivity contribution in [1.82, 2.24) is 4.90 Å². The first kappa shape index (κ1) is 31.6. The molecule has 0 rings (SSSR count). The van der Waals surface area contributed by atoms with Crippen molar-refractivity contribution in [2.45, 2.75) is 26.4 Å². The zero-order valence-electron chi connectivity index (χ0n) is 20.8. The van der Waals surface area contributed by atoms with Crippen LogP contribution in [0, 0.1) is 12.3 Å². The van der Waals surface area contributed by atoms with E-state index in [1.54, 1.807) is 7.05 Å². The van der Waals surface area contributed by atoms with E-state index in [0.29, 0.717) is 99.0 Å². The number of likely N-dealkylation sites (N-methyl/N-ethyl adjacent to an activating group) is 1. The van der Waals surface area contributed by atoms with Crippen LogP contribution in [-0.4, -0.2) is 123 Å². The van der Waals surface area contributed by atoms with Gasteiger partial charge in [-0.2, -0.15) is 0 Å². The first-order chi connectivity index (χ1) is 15.9. The summed E-state index contributed by atoms with van der Waals surface area (Å²) in [6, 6.07) is 0. The lowest BCUT2D eigenvalue weighted by Crippen LogP contribution is -2.36. The van der Waals surface area contributed by atoms with Gasteiger partial charge in [0, 0.05) is 13.6 Å². The molecule has 0 spiro atoms. The fourth-order valence-electron chi connectivity index (χ4n) is 2.08. The van der Waals surface area contributed by atoms with Gasteiger partial charge in [0.2, 0.25) is 0 Å². The van der Waals surface area contributed by atoms with E-state index in [2.05, 4.69) is 5.92 Å². The molecular weight excluding hydrogens is 434 g/mol. The Kier molecular flexibility index (Phi) is 21.4. The van der Waals surface area contributed by atoms with Crippen molar-refractivity contribution in [3.8, 4) is 12.3 Å². The monoisotopic (exact) mass is 477 g/mol. The van der Waals surface area contributed by atoms with Gasteiger partial charge in [-0.1, -0.05) is 5.92 Å². The molecule has 0 heterocycles. The molecule has 10 heteroatoms. The summed E-state index contributed by atoms with van der Waals surface area (Å²) < 4.78 is 42.8. The summed E-state index contributed by atoms with van der Waals surface area (Å²) in [4.78, 5) is 13.3. The summed E-state index contributed by atoms with van der Waals surface area (Å²) in [6.45, 7) is 12.6. The molecule has 0 fully saturated rings. The number of ether oxygens (including phenoxy) is 8. The average Bonchev–Trinajstić information content (AvgIpc) is 2.76. The van der Waals surface area contributed by atoms with Crippen LogP contribution in [-0.2, 0) is 37.9 Å². The van der Waals surface area contributed by atoms with Gasteiger partial charge in [0.15, 0.2) is 0 Å². The Labute approximate surface area is 199 Å². The number of rotatable bonds is 22. The zero-order valence-corrected chi connectivity index (χ0v) is 20.8. The third-order valence-corrected chi connectivity index (χ3v) is 3.69. The Bertz CT molecular complexity index is 491. The molecule has 0 aliphatic rings. The lowest BCUT2D eigenvalue weighted by atomic mass is 10.2. The summed E-state index contributed by atoms with van der Waals surface area (Å²) in [5.41, 5.74) is -0.502. The van der Waals surface area contributed by atoms with Crippen LogP contribution >= 0.6 is 0 Å². The fourth-order valence-corrected chi connectivity index (χ4v) is 2.08. The van der Waals surface area contributed by atoms with Crippen LogP contribution < -0.4 is 0 Å². The Morgan fingerprint density at radius 3 is 1.33 bits per heavy atom. The molecule has 0 aromatic carbocycles. The molecule has 0 aromatic rings. The lowest BCUT2D eigenvalue weighted by Gasteiger charge is -2.24. The Hall–Kier alpha value is -1.45. The van der Waals surface area contributed by atoms with Gasteiger partial charge in [0.25, 0.3) is 0 Å². The minimum Gasteiger partial charge on any atom is -0.444 e. The third kappa shape index (κ3) is 25.0. The van der Waals surface area contributed by atoms with E-state index in [0.717, 1.165) is 0 Å². The molecule has 0 atom stereocenters. The molecule has 0 radical (unpaired) electrons. The Balaban J connectivity index is 3.20. The van der Waals surface area contributed by atoms with Crippen LogP contribution in [0.5, 0.6) is 0 Å². The highest BCUT2D eigenvalue weighted by Crippen LogP contribution is 2.08. The van der Waals surface area contributed by atoms with E-state index < -0.39 is 5.60 Å². The van der Waals surface area contributed by atoms with E-state index in [4.69, 9.17) is 44.3 Å². The van der Waals surface area contributed by atoms with Gasteiger partial charge in [0.1, 0.15) is 12.2 Å². The van der Waals surface area contributed by atoms with Crippen LogP contribution in [0.15, 0.2) is 0 Å². The highest BCUT2D eigenvalue weighted by molar-refractivity contribution is 5.67. The van der Waals surface area contributed by atoms with Gasteiger partial charge >= 0.3 is 6.09 Å². The molecule has 0 aromatic heterocycles. The van der Waals surface area contributed by atoms with E-state index in [1.165, 1.54) is 4.90 Å². The van der Waals surface area contributed by atoms with Gasteiger partial charge < -0.3 is 42.8 Å². The summed E-state index contributed by atoms with van der Waals surface area (Å²) >= 11 is 0. The van der Waals surface area contributed by atoms with Crippen molar-refractivity contribution in [2.75, 3.05) is 106 Å². The summed E-state index contributed by atoms with van der Waals surface area (Å²) in [5, 5.41) is 0. The van der Waals surface area contributed by atoms with E-state index in [-0.39, 0.29) is 6.09 Å². The van der Waals surface area contributed by atoms with Crippen molar-refractivity contribution in [2.24, 2.45) is 0 Å². The molecule has 0 aliphatic heterocycles. The SMILES string of the molecule is C#CCOCCOCCOCCOCCOCCOCCOCCN(C)C(=O)OC(C)(C)C. The fraction of sp³-hybridized carbons (Fsp3) is 0.870. The van der Waals surface area contributed by atoms with E-state index >= 15 is 0 Å². The molecule has 1 amide bonds. The summed E-state index contributed by atoms with van der Waals surface area (Å²) in [6.07, 6.45) is 4.70. The van der Waals surface area contributed by atoms with Gasteiger partial charge in [-0.3, -0.25) is 0 Å². The minimum absolute atomic E-state index is 0.307. The highest BCUT2D eigenvalue weighted by Gasteiger charge is 2.19. The molecule has 33 heavy (non-hydrogen) atoms. The maximum absolute atomic E-state index is 11.8. The Morgan fingerprint density at radius 1 is 0.667 bits per heavy atom. The second-order valence-electron chi connectivity index (χ2n) is 7.83. The number of amides is 1. The van der Waals surface area contributed by atoms with Crippen LogP contribution in [0.2, 0.25) is 0 Å². The largest absolute Gasteiger partial charge is 0.444 e. The normalized spacial score (nSPS) is 11.4. The van der Waals surface area contributed by atoms with E-state index in [9.17, 15) is 4.79 Å². The van der Waals surface area contributed by atoms with Crippen molar-refractivity contribution >= 4 is 6.09 Å². The van der Waals surface area contributed by atoms with Crippen molar-refractivity contribution in [3.05, 3.63) is 0 Å². The predicted octanol–water partition coefficient (Wildman–Crippen LogP) is 1.60. The molecule has 194 valence electrons. The molecular formula is C23H43NO9. The van der Waals surface area contributed by atoms with Gasteiger partial charge in [0.05, 0.1) is 85.9 Å². The predicted molar refractivity (Wildman–Crippen MR) is 123 cm³/mol. The first-order valence-electron chi connectivity index (χ1n) is 11.3. The lowest BCUT2D eigenvalue weighted by molar-refractivity contribution is -0.0205. The number of hydrogen-bond acceptors (Lipinski definition) is 9. The van der Waals surface area contributed by atoms with Gasteiger partial charge in [-0.15, -0.1) is 6.42 Å². The summed E-state index contributed by atoms with van der Waals surface area (Å²) in [7, 11) is 1.68. The van der Waals surface area contributed by atoms with Crippen LogP contribution in [0.3, 0.4) is 0 Å². The highest BCUT2D eigenvalue weighted by atomic mass is 16.6. The first-order valence-corrected chi connectivity index (χ1v) is 11.3. The average molecular weight is 478 g/mol. The molecule has 0 aliphatic carbocycles. The second-order valence-corrected chi connectivity index (χ2v) is 7.83. The smallest absolute Gasteiger partial charge is 0.410 e. The van der Waals surface area contributed by atoms with Crippen molar-refractivity contribution < 1.29 is 42.7 Å². The van der Waals surface area contributed by atoms with Crippen LogP contribution in [0.4, 0.5) is 4.79 Å². The number of carbonyl (C=O) groups excluding carboxylic acids is 1. The maximum Gasteiger partial charge on any atom is 0.410 e. The second kappa shape index (κ2) is 22.3. The minimum atomic E-state index is -0.502. The van der Waals surface area contributed by atoms with Crippen LogP contribution in [0.1, 0.15) is 20.8 Å². The molecule has 0 unspecified atom stereocenters. The van der Waals surface area contributed by atoms with E-state index in [1.807, 2.05) is 20.8 Å². The summed E-state index contributed by atoms with van der Waals surface area (Å²) in [5.74, 6) is 2.39. The topological polar surface area (TPSA) is 94.2 Å². The molecule has 0 N–H and O–H groups in total. The van der Waals surface area contributed by atoms with Crippen molar-refractivity contribution in [1.29, 1.82) is 0 Å². The zero-order chi connectivity index (χ0) is 24.6. The number of terminal acetylenes is 1. The van der Waals surface area contributed by atoms with Crippen LogP contribution in [0.25, 0.3) is 0 Å². The molecule has 0 saturated carbocycles. The third-order valence-electron chi connectivity index (χ3n) is 3.69. The van der Waals surface area contributed by atoms with Gasteiger partial charge in [-0.05, 0) is 20.8 Å². The van der Waals surface area contributed by atoms with Crippen molar-refractivity contribution in [3.63, 3.8) is 0 Å². The molecule has 10 nitrogen and oxygen atoms in total. The molecule has 0 saturated heterocycles. The standard InChI is InChI=1S/C23H43NO9/c1-6-8-26-10-12-28-14-16-30-18-20-32-21-19-31-17-15-29-13-11-27-9-7-24(5)22(25)33-23(2,3)4/h1H,7-21H2,2-5H3. The maximum atomic E-state index is 11.8. The Morgan fingerprint density at radius 2 is 1.00 bits per heavy atom. The molecule has 0 bridgehead atoms. The van der Waals surface area contributed by atoms with Gasteiger partial charge in [-0.25, -0.2) is 4.79 Å².